The van der Waals surface area contributed by atoms with E-state index >= 15 is 0 Å². The van der Waals surface area contributed by atoms with Crippen LogP contribution in [0.3, 0.4) is 0 Å². The van der Waals surface area contributed by atoms with Crippen LogP contribution in [0.5, 0.6) is 0 Å². The molecule has 35 heteroatoms. The highest BCUT2D eigenvalue weighted by molar-refractivity contribution is 7.90. The van der Waals surface area contributed by atoms with Gasteiger partial charge in [0.15, 0.2) is 0 Å². The van der Waals surface area contributed by atoms with Gasteiger partial charge in [-0.05, 0) is 329 Å². The van der Waals surface area contributed by atoms with E-state index in [1.807, 2.05) is 148 Å². The van der Waals surface area contributed by atoms with E-state index in [0.29, 0.717) is 71.9 Å². The maximum Gasteiger partial charge on any atom is 0.217 e. The zero-order valence-electron chi connectivity index (χ0n) is 81.0. The van der Waals surface area contributed by atoms with E-state index in [9.17, 15) is 42.1 Å². The van der Waals surface area contributed by atoms with Crippen molar-refractivity contribution in [3.8, 4) is 55.6 Å². The van der Waals surface area contributed by atoms with E-state index < -0.39 is 50.1 Å². The Morgan fingerprint density at radius 3 is 0.780 bits per heavy atom. The minimum absolute atomic E-state index is 0.0966. The lowest BCUT2D eigenvalue weighted by molar-refractivity contribution is 0.270. The number of fused-ring (bicyclic) bond motifs is 5. The van der Waals surface area contributed by atoms with Crippen LogP contribution in [0.1, 0.15) is 97.9 Å². The van der Waals surface area contributed by atoms with E-state index in [1.165, 1.54) is 14.9 Å². The van der Waals surface area contributed by atoms with E-state index in [4.69, 9.17) is 0 Å². The van der Waals surface area contributed by atoms with Gasteiger partial charge in [-0.1, -0.05) is 13.3 Å². The Morgan fingerprint density at radius 1 is 0.284 bits per heavy atom. The molecule has 7 aliphatic rings. The first kappa shape index (κ1) is 98.6. The average molecular weight is 1990 g/mol. The summed E-state index contributed by atoms with van der Waals surface area (Å²) in [6.45, 7) is 24.6. The Labute approximate surface area is 825 Å². The molecule has 0 bridgehead atoms. The first-order chi connectivity index (χ1) is 67.5. The van der Waals surface area contributed by atoms with Crippen LogP contribution in [0.2, 0.25) is 0 Å². The van der Waals surface area contributed by atoms with Gasteiger partial charge in [0.1, 0.15) is 0 Å². The summed E-state index contributed by atoms with van der Waals surface area (Å²) in [6.07, 6.45) is 28.0. The molecule has 0 radical (unpaired) electrons. The van der Waals surface area contributed by atoms with Crippen molar-refractivity contribution in [2.24, 2.45) is 0 Å². The summed E-state index contributed by atoms with van der Waals surface area (Å²) in [5, 5.41) is 28.1. The summed E-state index contributed by atoms with van der Waals surface area (Å²) in [6, 6.07) is 52.6. The SMILES string of the molecule is CCCS(=O)(=O)N1CC(Nc2cc(-c3cc(C)nc(C)c3)cc3ccncc23)C1.CCS(=O)(=O)N1CC(Nc2cc(-c3cc(C)nc(C)c3)cc3ccncc23)C1.Cc1cc(-c2cc(NC3CN(S(=O)(=O)C4CC4)C3)c3cnccc3c2)ccn1.Cc1cc(-c2cc(NC3CN(S(=O)(=O)C4CCC4)C3)c3cnccc3c2)ccn1.Cc1cc(-c2cc(NC3CN(S(C)(=O)=O)C3)c3cnccc3c2)cc(C)n1. The number of anilines is 5. The predicted molar refractivity (Wildman–Crippen MR) is 565 cm³/mol. The fraction of sp³-hybridized carbons (Fsp3) is 0.340. The van der Waals surface area contributed by atoms with Crippen LogP contribution in [-0.4, -0.2) is 237 Å². The largest absolute Gasteiger partial charge is 0.379 e. The molecule has 0 spiro atoms. The second kappa shape index (κ2) is 41.2. The highest BCUT2D eigenvalue weighted by Crippen LogP contribution is 2.42. The van der Waals surface area contributed by atoms with Crippen molar-refractivity contribution in [3.05, 3.63) is 272 Å². The average Bonchev–Trinajstić information content (AvgIpc) is 1.69. The number of sulfonamides is 5. The van der Waals surface area contributed by atoms with Gasteiger partial charge >= 0.3 is 0 Å². The molecule has 5 aliphatic heterocycles. The Bertz CT molecular complexity index is 7810. The molecule has 732 valence electrons. The van der Waals surface area contributed by atoms with Crippen LogP contribution in [0.4, 0.5) is 28.4 Å². The number of pyridine rings is 10. The van der Waals surface area contributed by atoms with Crippen LogP contribution in [-0.2, 0) is 50.1 Å². The molecule has 30 nitrogen and oxygen atoms in total. The molecule has 22 rings (SSSR count). The van der Waals surface area contributed by atoms with Crippen molar-refractivity contribution >= 4 is 132 Å². The normalized spacial score (nSPS) is 16.6. The molecule has 7 fully saturated rings. The zero-order valence-corrected chi connectivity index (χ0v) is 85.0. The maximum absolute atomic E-state index is 12.6. The lowest BCUT2D eigenvalue weighted by atomic mass is 9.99. The van der Waals surface area contributed by atoms with E-state index in [1.54, 1.807) is 50.8 Å². The van der Waals surface area contributed by atoms with Gasteiger partial charge < -0.3 is 26.6 Å². The van der Waals surface area contributed by atoms with Gasteiger partial charge in [0.25, 0.3) is 0 Å². The molecular weight excluding hydrogens is 1870 g/mol. The second-order valence-electron chi connectivity index (χ2n) is 38.0. The van der Waals surface area contributed by atoms with Crippen LogP contribution in [0.25, 0.3) is 109 Å². The molecule has 0 amide bonds. The van der Waals surface area contributed by atoms with Crippen molar-refractivity contribution in [1.82, 2.24) is 71.4 Å². The third-order valence-electron chi connectivity index (χ3n) is 26.7. The number of hydrogen-bond donors (Lipinski definition) is 5. The Kier molecular flexibility index (Phi) is 28.8. The number of nitrogens with one attached hydrogen (secondary N) is 5. The molecule has 5 saturated heterocycles. The lowest BCUT2D eigenvalue weighted by Crippen LogP contribution is -2.59. The molecule has 15 aromatic rings. The Morgan fingerprint density at radius 2 is 0.532 bits per heavy atom. The number of nitrogens with zero attached hydrogens (tertiary/aromatic N) is 15. The Hall–Kier alpha value is -12.6. The van der Waals surface area contributed by atoms with Gasteiger partial charge in [0, 0.05) is 241 Å². The van der Waals surface area contributed by atoms with Crippen molar-refractivity contribution in [1.29, 1.82) is 0 Å². The number of hydrogen-bond acceptors (Lipinski definition) is 25. The van der Waals surface area contributed by atoms with Gasteiger partial charge in [0.05, 0.1) is 58.5 Å². The highest BCUT2D eigenvalue weighted by atomic mass is 32.2. The zero-order chi connectivity index (χ0) is 99.0. The van der Waals surface area contributed by atoms with Crippen molar-refractivity contribution in [2.45, 2.75) is 148 Å². The van der Waals surface area contributed by atoms with E-state index in [2.05, 4.69) is 186 Å². The molecule has 141 heavy (non-hydrogen) atoms. The fourth-order valence-corrected chi connectivity index (χ4v) is 26.5. The smallest absolute Gasteiger partial charge is 0.217 e. The molecular formula is C106H118N20O10S5. The first-order valence-electron chi connectivity index (χ1n) is 47.8. The second-order valence-corrected chi connectivity index (χ2v) is 48.8. The molecule has 2 aliphatic carbocycles. The third kappa shape index (κ3) is 22.8. The van der Waals surface area contributed by atoms with Crippen LogP contribution in [0, 0.1) is 55.4 Å². The number of rotatable bonds is 25. The number of aromatic nitrogens is 10. The van der Waals surface area contributed by atoms with Crippen LogP contribution >= 0.6 is 0 Å². The van der Waals surface area contributed by atoms with Crippen molar-refractivity contribution < 1.29 is 42.1 Å². The fourth-order valence-electron chi connectivity index (χ4n) is 18.8. The molecule has 5 N–H and O–H groups in total. The quantitative estimate of drug-likeness (QED) is 0.0355. The van der Waals surface area contributed by atoms with E-state index in [-0.39, 0.29) is 52.2 Å². The molecule has 5 aromatic carbocycles. The monoisotopic (exact) mass is 1990 g/mol. The highest BCUT2D eigenvalue weighted by Gasteiger charge is 2.46. The van der Waals surface area contributed by atoms with Crippen molar-refractivity contribution in [2.75, 3.05) is 110 Å². The van der Waals surface area contributed by atoms with Crippen LogP contribution in [0.15, 0.2) is 226 Å². The third-order valence-corrected chi connectivity index (χ3v) is 36.5. The van der Waals surface area contributed by atoms with Gasteiger partial charge in [0.2, 0.25) is 50.1 Å². The molecule has 2 saturated carbocycles. The maximum atomic E-state index is 12.6. The van der Waals surface area contributed by atoms with Gasteiger partial charge in [-0.2, -0.15) is 21.5 Å². The summed E-state index contributed by atoms with van der Waals surface area (Å²) in [5.74, 6) is 0.353. The standard InChI is InChI=1S/C22H24N4O2S.C22H26N4O2S.C21H22N4O2S.C21H24N4O2S.C20H22N4O2S/c1-15-9-16(6-8-24-15)18-10-17-5-7-23-12-21(17)22(11-18)25-19-13-26(14-19)29(27,28)20-3-2-4-20;1-4-7-29(27,28)26-13-20(14-26)25-22-11-19(10-17-5-6-23-12-21(17)22)18-8-15(2)24-16(3)9-18;1-14-8-15(5-7-23-14)17-9-16-4-6-22-11-20(16)21(10-17)24-18-12-25(13-18)28(26,27)19-2-3-19;1-4-28(26,27)25-12-19(13-25)24-21-10-18(9-16-5-6-22-11-20(16)21)17-7-14(2)23-15(3)8-17;1-13-6-16(7-14(2)22-13)17-8-15-4-5-21-10-19(15)20(9-17)23-18-11-24(12-18)27(3,25)26/h5-12,19-20,25H,2-4,13-14H2,1H3;5-6,8-12,20,25H,4,7,13-14H2,1-3H3;4-11,18-19,24H,2-3,12-13H2,1H3;5-11,19,24H,4,12-13H2,1-3H3;4-10,18,23H,11-12H2,1-3H3. The summed E-state index contributed by atoms with van der Waals surface area (Å²) >= 11 is 0. The molecule has 0 atom stereocenters. The van der Waals surface area contributed by atoms with Gasteiger partial charge in [-0.15, -0.1) is 0 Å². The summed E-state index contributed by atoms with van der Waals surface area (Å²) in [7, 11) is -15.6. The molecule has 10 aromatic heterocycles. The summed E-state index contributed by atoms with van der Waals surface area (Å²) in [4.78, 5) is 43.3. The van der Waals surface area contributed by atoms with Crippen molar-refractivity contribution in [3.63, 3.8) is 0 Å². The minimum Gasteiger partial charge on any atom is -0.379 e. The molecule has 0 unspecified atom stereocenters. The molecule has 15 heterocycles. The lowest BCUT2D eigenvalue weighted by Gasteiger charge is -2.42. The summed E-state index contributed by atoms with van der Waals surface area (Å²) in [5.41, 5.74) is 23.9. The Balaban J connectivity index is 0.000000117. The predicted octanol–water partition coefficient (Wildman–Crippen LogP) is 16.9. The van der Waals surface area contributed by atoms with Gasteiger partial charge in [-0.25, -0.2) is 42.1 Å². The number of benzene rings is 5. The van der Waals surface area contributed by atoms with Crippen LogP contribution < -0.4 is 26.6 Å². The first-order valence-corrected chi connectivity index (χ1v) is 55.9. The summed E-state index contributed by atoms with van der Waals surface area (Å²) < 4.78 is 129. The van der Waals surface area contributed by atoms with Gasteiger partial charge in [-0.3, -0.25) is 49.8 Å². The minimum atomic E-state index is -3.13. The van der Waals surface area contributed by atoms with E-state index in [0.717, 1.165) is 216 Å². The number of aryl methyl sites for hydroxylation is 8. The topological polar surface area (TPSA) is 376 Å².